The van der Waals surface area contributed by atoms with Crippen LogP contribution in [0.2, 0.25) is 0 Å². The largest absolute Gasteiger partial charge is 0.548 e. The van der Waals surface area contributed by atoms with Crippen LogP contribution in [0.25, 0.3) is 0 Å². The van der Waals surface area contributed by atoms with Crippen molar-refractivity contribution in [1.29, 1.82) is 0 Å². The van der Waals surface area contributed by atoms with Crippen molar-refractivity contribution in [3.05, 3.63) is 24.3 Å². The second-order valence-corrected chi connectivity index (χ2v) is 2.92. The molecule has 0 bridgehead atoms. The molecule has 4 nitrogen and oxygen atoms in total. The second kappa shape index (κ2) is 4.50. The number of ether oxygens (including phenoxy) is 1. The van der Waals surface area contributed by atoms with Gasteiger partial charge in [0.1, 0.15) is 5.75 Å². The highest BCUT2D eigenvalue weighted by Crippen LogP contribution is 2.17. The fourth-order valence-corrected chi connectivity index (χ4v) is 1.02. The summed E-state index contributed by atoms with van der Waals surface area (Å²) in [5, 5.41) is 13.2. The summed E-state index contributed by atoms with van der Waals surface area (Å²) in [7, 11) is 1.56. The molecular formula is C10H12NO3-. The Labute approximate surface area is 82.5 Å². The number of nitrogens with one attached hydrogen (secondary N) is 1. The monoisotopic (exact) mass is 194 g/mol. The van der Waals surface area contributed by atoms with E-state index in [1.165, 1.54) is 6.92 Å². The van der Waals surface area contributed by atoms with Crippen molar-refractivity contribution in [2.75, 3.05) is 12.4 Å². The summed E-state index contributed by atoms with van der Waals surface area (Å²) in [6.07, 6.45) is 0. The van der Waals surface area contributed by atoms with Gasteiger partial charge in [-0.3, -0.25) is 0 Å². The first-order valence-electron chi connectivity index (χ1n) is 4.25. The molecular weight excluding hydrogens is 182 g/mol. The molecule has 0 spiro atoms. The van der Waals surface area contributed by atoms with Crippen molar-refractivity contribution in [3.8, 4) is 5.75 Å². The highest BCUT2D eigenvalue weighted by molar-refractivity contribution is 5.74. The van der Waals surface area contributed by atoms with Crippen LogP contribution in [0.3, 0.4) is 0 Å². The van der Waals surface area contributed by atoms with E-state index in [1.807, 2.05) is 0 Å². The molecule has 0 unspecified atom stereocenters. The quantitative estimate of drug-likeness (QED) is 0.746. The predicted molar refractivity (Wildman–Crippen MR) is 51.1 cm³/mol. The maximum absolute atomic E-state index is 10.5. The molecule has 1 atom stereocenters. The molecule has 1 rings (SSSR count). The number of methoxy groups -OCH3 is 1. The minimum absolute atomic E-state index is 0.681. The van der Waals surface area contributed by atoms with Gasteiger partial charge in [0, 0.05) is 11.8 Å². The van der Waals surface area contributed by atoms with Crippen LogP contribution in [-0.2, 0) is 4.79 Å². The fourth-order valence-electron chi connectivity index (χ4n) is 1.02. The summed E-state index contributed by atoms with van der Waals surface area (Å²) in [6, 6.07) is 6.33. The Balaban J connectivity index is 2.71. The van der Waals surface area contributed by atoms with E-state index in [0.29, 0.717) is 11.4 Å². The first-order valence-corrected chi connectivity index (χ1v) is 4.25. The molecule has 0 saturated carbocycles. The number of hydrogen-bond donors (Lipinski definition) is 1. The third-order valence-corrected chi connectivity index (χ3v) is 1.81. The fraction of sp³-hybridized carbons (Fsp3) is 0.300. The molecule has 0 saturated heterocycles. The van der Waals surface area contributed by atoms with Crippen LogP contribution >= 0.6 is 0 Å². The van der Waals surface area contributed by atoms with Crippen LogP contribution < -0.4 is 15.2 Å². The molecule has 14 heavy (non-hydrogen) atoms. The van der Waals surface area contributed by atoms with Crippen LogP contribution in [0.15, 0.2) is 24.3 Å². The van der Waals surface area contributed by atoms with E-state index in [0.717, 1.165) is 0 Å². The topological polar surface area (TPSA) is 61.4 Å². The van der Waals surface area contributed by atoms with Gasteiger partial charge in [-0.05, 0) is 19.1 Å². The van der Waals surface area contributed by atoms with E-state index in [4.69, 9.17) is 4.74 Å². The number of hydrogen-bond acceptors (Lipinski definition) is 4. The number of carbonyl (C=O) groups excluding carboxylic acids is 1. The third-order valence-electron chi connectivity index (χ3n) is 1.81. The molecule has 0 amide bonds. The summed E-state index contributed by atoms with van der Waals surface area (Å²) >= 11 is 0. The summed E-state index contributed by atoms with van der Waals surface area (Å²) in [6.45, 7) is 1.52. The van der Waals surface area contributed by atoms with Crippen molar-refractivity contribution in [1.82, 2.24) is 0 Å². The lowest BCUT2D eigenvalue weighted by Crippen LogP contribution is -2.38. The summed E-state index contributed by atoms with van der Waals surface area (Å²) in [5.41, 5.74) is 0.695. The predicted octanol–water partition coefficient (Wildman–Crippen LogP) is 0.245. The molecule has 0 aliphatic carbocycles. The van der Waals surface area contributed by atoms with Gasteiger partial charge in [-0.15, -0.1) is 0 Å². The van der Waals surface area contributed by atoms with Gasteiger partial charge in [0.2, 0.25) is 0 Å². The summed E-state index contributed by atoms with van der Waals surface area (Å²) in [4.78, 5) is 10.5. The Morgan fingerprint density at radius 2 is 2.29 bits per heavy atom. The third kappa shape index (κ3) is 2.65. The van der Waals surface area contributed by atoms with Crippen LogP contribution in [0.4, 0.5) is 5.69 Å². The van der Waals surface area contributed by atoms with Crippen LogP contribution in [0.1, 0.15) is 6.92 Å². The molecule has 4 heteroatoms. The molecule has 1 aromatic carbocycles. The number of anilines is 1. The second-order valence-electron chi connectivity index (χ2n) is 2.92. The molecule has 0 fully saturated rings. The average molecular weight is 194 g/mol. The van der Waals surface area contributed by atoms with Gasteiger partial charge in [0.05, 0.1) is 19.1 Å². The van der Waals surface area contributed by atoms with Gasteiger partial charge < -0.3 is 20.0 Å². The molecule has 76 valence electrons. The zero-order valence-electron chi connectivity index (χ0n) is 8.11. The number of carboxylic acids is 1. The van der Waals surface area contributed by atoms with Crippen molar-refractivity contribution >= 4 is 11.7 Å². The minimum Gasteiger partial charge on any atom is -0.548 e. The van der Waals surface area contributed by atoms with E-state index < -0.39 is 12.0 Å². The number of rotatable bonds is 4. The molecule has 1 aromatic rings. The normalized spacial score (nSPS) is 11.9. The van der Waals surface area contributed by atoms with Crippen molar-refractivity contribution in [3.63, 3.8) is 0 Å². The standard InChI is InChI=1S/C10H13NO3/c1-7(10(12)13)11-8-4-3-5-9(6-8)14-2/h3-7,11H,1-2H3,(H,12,13)/p-1/t7-/m0/s1. The Morgan fingerprint density at radius 3 is 2.86 bits per heavy atom. The van der Waals surface area contributed by atoms with Gasteiger partial charge in [0.15, 0.2) is 0 Å². The Morgan fingerprint density at radius 1 is 1.57 bits per heavy atom. The Bertz CT molecular complexity index is 325. The lowest BCUT2D eigenvalue weighted by Gasteiger charge is -2.16. The van der Waals surface area contributed by atoms with E-state index in [9.17, 15) is 9.90 Å². The molecule has 0 aromatic heterocycles. The Hall–Kier alpha value is -1.71. The van der Waals surface area contributed by atoms with E-state index >= 15 is 0 Å². The maximum atomic E-state index is 10.5. The van der Waals surface area contributed by atoms with Crippen LogP contribution in [0, 0.1) is 0 Å². The number of carbonyl (C=O) groups is 1. The zero-order chi connectivity index (χ0) is 10.6. The lowest BCUT2D eigenvalue weighted by molar-refractivity contribution is -0.306. The highest BCUT2D eigenvalue weighted by Gasteiger charge is 2.02. The minimum atomic E-state index is -1.13. The van der Waals surface area contributed by atoms with E-state index in [2.05, 4.69) is 5.32 Å². The summed E-state index contributed by atoms with van der Waals surface area (Å²) < 4.78 is 4.99. The molecule has 0 aliphatic rings. The first-order chi connectivity index (χ1) is 6.63. The number of carboxylic acid groups (broad SMARTS) is 1. The zero-order valence-corrected chi connectivity index (χ0v) is 8.11. The molecule has 1 N–H and O–H groups in total. The number of benzene rings is 1. The van der Waals surface area contributed by atoms with Crippen molar-refractivity contribution in [2.45, 2.75) is 13.0 Å². The van der Waals surface area contributed by atoms with Gasteiger partial charge in [-0.1, -0.05) is 6.07 Å². The maximum Gasteiger partial charge on any atom is 0.120 e. The highest BCUT2D eigenvalue weighted by atomic mass is 16.5. The number of aliphatic carboxylic acids is 1. The van der Waals surface area contributed by atoms with Gasteiger partial charge in [-0.25, -0.2) is 0 Å². The van der Waals surface area contributed by atoms with Gasteiger partial charge in [0.25, 0.3) is 0 Å². The first kappa shape index (κ1) is 10.4. The molecule has 0 aliphatic heterocycles. The van der Waals surface area contributed by atoms with Gasteiger partial charge in [-0.2, -0.15) is 0 Å². The van der Waals surface area contributed by atoms with Crippen LogP contribution in [0.5, 0.6) is 5.75 Å². The van der Waals surface area contributed by atoms with Crippen molar-refractivity contribution in [2.24, 2.45) is 0 Å². The smallest absolute Gasteiger partial charge is 0.120 e. The lowest BCUT2D eigenvalue weighted by atomic mass is 10.2. The van der Waals surface area contributed by atoms with Crippen LogP contribution in [-0.4, -0.2) is 19.1 Å². The SMILES string of the molecule is COc1cccc(N[C@@H](C)C(=O)[O-])c1. The molecule has 0 radical (unpaired) electrons. The van der Waals surface area contributed by atoms with E-state index in [1.54, 1.807) is 31.4 Å². The van der Waals surface area contributed by atoms with Crippen molar-refractivity contribution < 1.29 is 14.6 Å². The molecule has 0 heterocycles. The van der Waals surface area contributed by atoms with Gasteiger partial charge >= 0.3 is 0 Å². The Kier molecular flexibility index (Phi) is 3.34. The van der Waals surface area contributed by atoms with E-state index in [-0.39, 0.29) is 0 Å². The summed E-state index contributed by atoms with van der Waals surface area (Å²) in [5.74, 6) is -0.451. The average Bonchev–Trinajstić information content (AvgIpc) is 2.18.